The van der Waals surface area contributed by atoms with E-state index in [-0.39, 0.29) is 0 Å². The van der Waals surface area contributed by atoms with Crippen molar-refractivity contribution < 1.29 is 14.4 Å². The Balaban J connectivity index is 2.62. The molecule has 0 aliphatic heterocycles. The average molecular weight is 255 g/mol. The molecule has 0 fully saturated rings. The summed E-state index contributed by atoms with van der Waals surface area (Å²) in [5.41, 5.74) is -0.960. The maximum Gasteiger partial charge on any atom is 0.323 e. The van der Waals surface area contributed by atoms with Gasteiger partial charge in [0, 0.05) is 6.42 Å². The second kappa shape index (κ2) is 5.95. The number of aromatic nitrogens is 2. The van der Waals surface area contributed by atoms with Crippen LogP contribution in [0.3, 0.4) is 0 Å². The molecule has 0 bridgehead atoms. The smallest absolute Gasteiger partial charge is 0.323 e. The summed E-state index contributed by atoms with van der Waals surface area (Å²) in [6.07, 6.45) is 2.90. The lowest BCUT2D eigenvalue weighted by molar-refractivity contribution is -0.149. The van der Waals surface area contributed by atoms with Gasteiger partial charge in [-0.1, -0.05) is 18.5 Å². The molecule has 102 valence electrons. The molecule has 0 spiro atoms. The van der Waals surface area contributed by atoms with Gasteiger partial charge in [0.2, 0.25) is 5.89 Å². The quantitative estimate of drug-likeness (QED) is 0.799. The number of likely N-dealkylation sites (N-methyl/N-ethyl adjacent to an activating group) is 1. The number of nitrogens with zero attached hydrogens (tertiary/aromatic N) is 3. The molecular weight excluding hydrogens is 234 g/mol. The molecule has 0 aliphatic rings. The number of hydrogen-bond donors (Lipinski definition) is 1. The molecule has 18 heavy (non-hydrogen) atoms. The van der Waals surface area contributed by atoms with Gasteiger partial charge >= 0.3 is 5.97 Å². The first-order valence-electron chi connectivity index (χ1n) is 6.14. The summed E-state index contributed by atoms with van der Waals surface area (Å²) in [6.45, 7) is 5.72. The van der Waals surface area contributed by atoms with Gasteiger partial charge in [0.25, 0.3) is 0 Å². The fourth-order valence-electron chi connectivity index (χ4n) is 1.35. The van der Waals surface area contributed by atoms with Crippen molar-refractivity contribution >= 4 is 5.97 Å². The molecule has 1 N–H and O–H groups in total. The van der Waals surface area contributed by atoms with Gasteiger partial charge in [0.15, 0.2) is 5.82 Å². The van der Waals surface area contributed by atoms with Crippen molar-refractivity contribution in [1.82, 2.24) is 15.0 Å². The Hall–Kier alpha value is -1.43. The average Bonchev–Trinajstić information content (AvgIpc) is 2.73. The Morgan fingerprint density at radius 1 is 1.50 bits per heavy atom. The molecule has 6 heteroatoms. The fourth-order valence-corrected chi connectivity index (χ4v) is 1.35. The normalized spacial score (nSPS) is 12.1. The third-order valence-corrected chi connectivity index (χ3v) is 3.11. The molecule has 1 rings (SSSR count). The van der Waals surface area contributed by atoms with Gasteiger partial charge in [-0.2, -0.15) is 4.98 Å². The van der Waals surface area contributed by atoms with Crippen LogP contribution in [0.1, 0.15) is 45.3 Å². The Labute approximate surface area is 107 Å². The molecule has 0 aromatic carbocycles. The van der Waals surface area contributed by atoms with Crippen molar-refractivity contribution in [2.75, 3.05) is 7.05 Å². The lowest BCUT2D eigenvalue weighted by Crippen LogP contribution is -2.47. The van der Waals surface area contributed by atoms with Gasteiger partial charge in [-0.25, -0.2) is 0 Å². The van der Waals surface area contributed by atoms with Crippen molar-refractivity contribution in [3.8, 4) is 0 Å². The largest absolute Gasteiger partial charge is 0.480 e. The second-order valence-electron chi connectivity index (χ2n) is 4.93. The number of hydrogen-bond acceptors (Lipinski definition) is 5. The van der Waals surface area contributed by atoms with Crippen molar-refractivity contribution in [2.24, 2.45) is 0 Å². The van der Waals surface area contributed by atoms with Crippen LogP contribution in [0, 0.1) is 0 Å². The minimum absolute atomic E-state index is 0.332. The van der Waals surface area contributed by atoms with Crippen LogP contribution in [0.4, 0.5) is 0 Å². The van der Waals surface area contributed by atoms with Crippen molar-refractivity contribution in [3.63, 3.8) is 0 Å². The standard InChI is InChI=1S/C12H21N3O3/c1-5-6-7-9-13-10(18-14-9)8-15(4)12(2,3)11(16)17/h5-8H2,1-4H3,(H,16,17). The summed E-state index contributed by atoms with van der Waals surface area (Å²) in [4.78, 5) is 17.0. The van der Waals surface area contributed by atoms with Crippen molar-refractivity contribution in [1.29, 1.82) is 0 Å². The Morgan fingerprint density at radius 2 is 2.17 bits per heavy atom. The van der Waals surface area contributed by atoms with E-state index in [0.29, 0.717) is 18.3 Å². The van der Waals surface area contributed by atoms with Crippen LogP contribution >= 0.6 is 0 Å². The zero-order valence-corrected chi connectivity index (χ0v) is 11.4. The van der Waals surface area contributed by atoms with E-state index in [9.17, 15) is 4.79 Å². The van der Waals surface area contributed by atoms with Crippen LogP contribution in [0.25, 0.3) is 0 Å². The number of rotatable bonds is 7. The van der Waals surface area contributed by atoms with Gasteiger partial charge in [-0.05, 0) is 27.3 Å². The highest BCUT2D eigenvalue weighted by Gasteiger charge is 2.32. The molecule has 6 nitrogen and oxygen atoms in total. The first-order chi connectivity index (χ1) is 8.37. The molecule has 0 saturated carbocycles. The zero-order chi connectivity index (χ0) is 13.8. The van der Waals surface area contributed by atoms with Gasteiger partial charge in [-0.15, -0.1) is 0 Å². The maximum absolute atomic E-state index is 11.1. The summed E-state index contributed by atoms with van der Waals surface area (Å²) in [5.74, 6) is 0.266. The van der Waals surface area contributed by atoms with Crippen molar-refractivity contribution in [3.05, 3.63) is 11.7 Å². The topological polar surface area (TPSA) is 79.5 Å². The van der Waals surface area contributed by atoms with E-state index in [1.807, 2.05) is 0 Å². The van der Waals surface area contributed by atoms with E-state index in [0.717, 1.165) is 19.3 Å². The first-order valence-corrected chi connectivity index (χ1v) is 6.14. The number of aryl methyl sites for hydroxylation is 1. The minimum atomic E-state index is -0.960. The van der Waals surface area contributed by atoms with Crippen LogP contribution in [0.15, 0.2) is 4.52 Å². The molecule has 0 amide bonds. The van der Waals surface area contributed by atoms with Crippen LogP contribution in [0.2, 0.25) is 0 Å². The van der Waals surface area contributed by atoms with Crippen LogP contribution in [-0.4, -0.2) is 38.7 Å². The predicted octanol–water partition coefficient (Wildman–Crippen LogP) is 1.71. The number of aliphatic carboxylic acids is 1. The van der Waals surface area contributed by atoms with Crippen molar-refractivity contribution in [2.45, 2.75) is 52.1 Å². The highest BCUT2D eigenvalue weighted by atomic mass is 16.5. The third kappa shape index (κ3) is 3.53. The van der Waals surface area contributed by atoms with E-state index < -0.39 is 11.5 Å². The maximum atomic E-state index is 11.1. The van der Waals surface area contributed by atoms with Gasteiger partial charge in [-0.3, -0.25) is 9.69 Å². The minimum Gasteiger partial charge on any atom is -0.480 e. The number of carboxylic acids is 1. The van der Waals surface area contributed by atoms with E-state index in [4.69, 9.17) is 9.63 Å². The zero-order valence-electron chi connectivity index (χ0n) is 11.4. The second-order valence-corrected chi connectivity index (χ2v) is 4.93. The number of unbranched alkanes of at least 4 members (excludes halogenated alkanes) is 1. The van der Waals surface area contributed by atoms with E-state index in [1.165, 1.54) is 0 Å². The Bertz CT molecular complexity index is 401. The molecule has 1 aromatic rings. The molecule has 0 saturated heterocycles. The van der Waals surface area contributed by atoms with E-state index in [2.05, 4.69) is 17.1 Å². The van der Waals surface area contributed by atoms with Gasteiger partial charge in [0.1, 0.15) is 5.54 Å². The van der Waals surface area contributed by atoms with Gasteiger partial charge in [0.05, 0.1) is 6.54 Å². The Kier molecular flexibility index (Phi) is 4.84. The molecule has 0 atom stereocenters. The molecule has 0 aliphatic carbocycles. The lowest BCUT2D eigenvalue weighted by Gasteiger charge is -2.29. The number of carboxylic acid groups (broad SMARTS) is 1. The highest BCUT2D eigenvalue weighted by molar-refractivity contribution is 5.77. The molecule has 1 heterocycles. The van der Waals surface area contributed by atoms with Crippen LogP contribution in [0.5, 0.6) is 0 Å². The summed E-state index contributed by atoms with van der Waals surface area (Å²) in [5, 5.41) is 13.0. The first kappa shape index (κ1) is 14.6. The third-order valence-electron chi connectivity index (χ3n) is 3.11. The highest BCUT2D eigenvalue weighted by Crippen LogP contribution is 2.15. The lowest BCUT2D eigenvalue weighted by atomic mass is 10.0. The van der Waals surface area contributed by atoms with Crippen LogP contribution < -0.4 is 0 Å². The molecule has 1 aromatic heterocycles. The summed E-state index contributed by atoms with van der Waals surface area (Å²) in [7, 11) is 1.73. The molecular formula is C12H21N3O3. The molecule has 0 unspecified atom stereocenters. The summed E-state index contributed by atoms with van der Waals surface area (Å²) in [6, 6.07) is 0. The van der Waals surface area contributed by atoms with Crippen LogP contribution in [-0.2, 0) is 17.8 Å². The van der Waals surface area contributed by atoms with E-state index >= 15 is 0 Å². The summed E-state index contributed by atoms with van der Waals surface area (Å²) < 4.78 is 5.11. The number of carbonyl (C=O) groups is 1. The SMILES string of the molecule is CCCCc1noc(CN(C)C(C)(C)C(=O)O)n1. The molecule has 0 radical (unpaired) electrons. The summed E-state index contributed by atoms with van der Waals surface area (Å²) >= 11 is 0. The monoisotopic (exact) mass is 255 g/mol. The predicted molar refractivity (Wildman–Crippen MR) is 66.1 cm³/mol. The van der Waals surface area contributed by atoms with E-state index in [1.54, 1.807) is 25.8 Å². The fraction of sp³-hybridized carbons (Fsp3) is 0.750. The Morgan fingerprint density at radius 3 is 2.72 bits per heavy atom. The van der Waals surface area contributed by atoms with Gasteiger partial charge < -0.3 is 9.63 Å².